The Morgan fingerprint density at radius 1 is 1.33 bits per heavy atom. The first-order chi connectivity index (χ1) is 13.0. The number of halogens is 2. The van der Waals surface area contributed by atoms with Gasteiger partial charge in [0.2, 0.25) is 5.91 Å². The molecule has 1 amide bonds. The average molecular weight is 430 g/mol. The minimum atomic E-state index is -0.485. The van der Waals surface area contributed by atoms with Crippen LogP contribution in [-0.2, 0) is 4.79 Å². The van der Waals surface area contributed by atoms with E-state index < -0.39 is 6.10 Å². The Balaban J connectivity index is 1.49. The number of aromatic nitrogens is 2. The molecule has 9 heteroatoms. The zero-order valence-corrected chi connectivity index (χ0v) is 17.2. The molecule has 2 aromatic rings. The Bertz CT molecular complexity index is 781. The maximum Gasteiger partial charge on any atom is 0.277 e. The van der Waals surface area contributed by atoms with E-state index in [-0.39, 0.29) is 11.7 Å². The molecule has 1 fully saturated rings. The lowest BCUT2D eigenvalue weighted by molar-refractivity contribution is -0.119. The zero-order chi connectivity index (χ0) is 19.2. The molecule has 1 aromatic heterocycles. The number of thioether (sulfide) groups is 1. The number of ether oxygens (including phenoxy) is 1. The van der Waals surface area contributed by atoms with E-state index in [2.05, 4.69) is 15.5 Å². The summed E-state index contributed by atoms with van der Waals surface area (Å²) in [5, 5.41) is 12.3. The van der Waals surface area contributed by atoms with Gasteiger partial charge >= 0.3 is 0 Å². The molecule has 1 N–H and O–H groups in total. The molecule has 1 heterocycles. The minimum absolute atomic E-state index is 0.0103. The summed E-state index contributed by atoms with van der Waals surface area (Å²) < 4.78 is 11.3. The van der Waals surface area contributed by atoms with Gasteiger partial charge in [0.05, 0.1) is 10.8 Å². The fourth-order valence-corrected chi connectivity index (χ4v) is 3.93. The van der Waals surface area contributed by atoms with Crippen LogP contribution in [0.1, 0.15) is 51.0 Å². The smallest absolute Gasteiger partial charge is 0.277 e. The van der Waals surface area contributed by atoms with Crippen molar-refractivity contribution in [3.63, 3.8) is 0 Å². The number of benzene rings is 1. The van der Waals surface area contributed by atoms with Crippen molar-refractivity contribution in [2.24, 2.45) is 0 Å². The number of rotatable bonds is 7. The molecule has 1 aliphatic rings. The second-order valence-electron chi connectivity index (χ2n) is 6.43. The maximum absolute atomic E-state index is 12.1. The molecule has 3 rings (SSSR count). The van der Waals surface area contributed by atoms with Crippen molar-refractivity contribution >= 4 is 40.9 Å². The van der Waals surface area contributed by atoms with Gasteiger partial charge in [0.25, 0.3) is 11.1 Å². The first kappa shape index (κ1) is 20.3. The van der Waals surface area contributed by atoms with Gasteiger partial charge in [-0.1, -0.05) is 54.2 Å². The molecule has 1 aromatic carbocycles. The first-order valence-electron chi connectivity index (χ1n) is 8.88. The fraction of sp³-hybridized carbons (Fsp3) is 0.500. The highest BCUT2D eigenvalue weighted by molar-refractivity contribution is 7.99. The van der Waals surface area contributed by atoms with Crippen LogP contribution < -0.4 is 10.1 Å². The molecule has 27 heavy (non-hydrogen) atoms. The number of amides is 1. The summed E-state index contributed by atoms with van der Waals surface area (Å²) in [6.07, 6.45) is 5.25. The number of carbonyl (C=O) groups excluding carboxylic acids is 1. The molecule has 1 saturated carbocycles. The van der Waals surface area contributed by atoms with Crippen molar-refractivity contribution in [2.75, 3.05) is 5.75 Å². The Kier molecular flexibility index (Phi) is 7.26. The van der Waals surface area contributed by atoms with E-state index in [9.17, 15) is 4.79 Å². The quantitative estimate of drug-likeness (QED) is 0.619. The van der Waals surface area contributed by atoms with Crippen molar-refractivity contribution in [3.8, 4) is 5.75 Å². The standard InChI is InChI=1S/C18H21Cl2N3O3S/c1-11(25-15-8-7-12(19)9-14(15)20)17-22-23-18(26-17)27-10-16(24)21-13-5-3-2-4-6-13/h7-9,11,13H,2-6,10H2,1H3,(H,21,24)/t11-/m0/s1. The Morgan fingerprint density at radius 3 is 2.85 bits per heavy atom. The lowest BCUT2D eigenvalue weighted by Gasteiger charge is -2.22. The predicted octanol–water partition coefficient (Wildman–Crippen LogP) is 5.06. The van der Waals surface area contributed by atoms with Crippen LogP contribution >= 0.6 is 35.0 Å². The van der Waals surface area contributed by atoms with Gasteiger partial charge in [0, 0.05) is 11.1 Å². The third-order valence-electron chi connectivity index (χ3n) is 4.26. The van der Waals surface area contributed by atoms with Crippen LogP contribution in [0.5, 0.6) is 5.75 Å². The van der Waals surface area contributed by atoms with Crippen LogP contribution in [-0.4, -0.2) is 27.9 Å². The summed E-state index contributed by atoms with van der Waals surface area (Å²) in [6.45, 7) is 1.78. The van der Waals surface area contributed by atoms with Crippen molar-refractivity contribution in [1.29, 1.82) is 0 Å². The maximum atomic E-state index is 12.1. The number of hydrogen-bond donors (Lipinski definition) is 1. The van der Waals surface area contributed by atoms with Gasteiger partial charge in [-0.05, 0) is 38.0 Å². The summed E-state index contributed by atoms with van der Waals surface area (Å²) in [5.41, 5.74) is 0. The average Bonchev–Trinajstić information content (AvgIpc) is 3.12. The predicted molar refractivity (Wildman–Crippen MR) is 106 cm³/mol. The molecular formula is C18H21Cl2N3O3S. The van der Waals surface area contributed by atoms with Gasteiger partial charge in [-0.15, -0.1) is 10.2 Å². The molecular weight excluding hydrogens is 409 g/mol. The fourth-order valence-electron chi connectivity index (χ4n) is 2.90. The normalized spacial score (nSPS) is 16.1. The van der Waals surface area contributed by atoms with Crippen LogP contribution in [0.25, 0.3) is 0 Å². The molecule has 0 spiro atoms. The van der Waals surface area contributed by atoms with E-state index in [1.807, 2.05) is 0 Å². The van der Waals surface area contributed by atoms with Gasteiger partial charge < -0.3 is 14.5 Å². The van der Waals surface area contributed by atoms with E-state index >= 15 is 0 Å². The molecule has 0 aliphatic heterocycles. The van der Waals surface area contributed by atoms with Gasteiger partial charge in [-0.25, -0.2) is 0 Å². The monoisotopic (exact) mass is 429 g/mol. The molecule has 0 radical (unpaired) electrons. The van der Waals surface area contributed by atoms with Crippen LogP contribution in [0.3, 0.4) is 0 Å². The molecule has 0 unspecified atom stereocenters. The first-order valence-corrected chi connectivity index (χ1v) is 10.6. The van der Waals surface area contributed by atoms with Crippen LogP contribution in [0, 0.1) is 0 Å². The Labute approximate surface area is 172 Å². The zero-order valence-electron chi connectivity index (χ0n) is 14.9. The van der Waals surface area contributed by atoms with Gasteiger partial charge in [0.1, 0.15) is 5.75 Å². The number of hydrogen-bond acceptors (Lipinski definition) is 6. The highest BCUT2D eigenvalue weighted by Crippen LogP contribution is 2.31. The van der Waals surface area contributed by atoms with Crippen molar-refractivity contribution in [3.05, 3.63) is 34.1 Å². The third-order valence-corrected chi connectivity index (χ3v) is 5.61. The van der Waals surface area contributed by atoms with Crippen molar-refractivity contribution < 1.29 is 13.9 Å². The summed E-state index contributed by atoms with van der Waals surface area (Å²) in [4.78, 5) is 12.1. The number of carbonyl (C=O) groups is 1. The minimum Gasteiger partial charge on any atom is -0.479 e. The highest BCUT2D eigenvalue weighted by Gasteiger charge is 2.19. The molecule has 0 bridgehead atoms. The topological polar surface area (TPSA) is 77.2 Å². The van der Waals surface area contributed by atoms with Crippen LogP contribution in [0.2, 0.25) is 10.0 Å². The second-order valence-corrected chi connectivity index (χ2v) is 8.20. The molecule has 6 nitrogen and oxygen atoms in total. The summed E-state index contributed by atoms with van der Waals surface area (Å²) in [6, 6.07) is 5.27. The van der Waals surface area contributed by atoms with E-state index in [1.54, 1.807) is 25.1 Å². The summed E-state index contributed by atoms with van der Waals surface area (Å²) >= 11 is 13.2. The summed E-state index contributed by atoms with van der Waals surface area (Å²) in [7, 11) is 0. The molecule has 1 aliphatic carbocycles. The second kappa shape index (κ2) is 9.66. The van der Waals surface area contributed by atoms with Gasteiger partial charge in [0.15, 0.2) is 6.10 Å². The third kappa shape index (κ3) is 6.02. The highest BCUT2D eigenvalue weighted by atomic mass is 35.5. The van der Waals surface area contributed by atoms with Crippen molar-refractivity contribution in [1.82, 2.24) is 15.5 Å². The summed E-state index contributed by atoms with van der Waals surface area (Å²) in [5.74, 6) is 1.03. The number of nitrogens with zero attached hydrogens (tertiary/aromatic N) is 2. The van der Waals surface area contributed by atoms with E-state index in [0.717, 1.165) is 12.8 Å². The number of nitrogens with one attached hydrogen (secondary N) is 1. The van der Waals surface area contributed by atoms with E-state index in [0.29, 0.717) is 33.0 Å². The van der Waals surface area contributed by atoms with Crippen LogP contribution in [0.4, 0.5) is 0 Å². The van der Waals surface area contributed by atoms with Gasteiger partial charge in [-0.3, -0.25) is 4.79 Å². The SMILES string of the molecule is C[C@H](Oc1ccc(Cl)cc1Cl)c1nnc(SCC(=O)NC2CCCCC2)o1. The van der Waals surface area contributed by atoms with E-state index in [1.165, 1.54) is 31.0 Å². The Morgan fingerprint density at radius 2 is 2.11 bits per heavy atom. The molecule has 1 atom stereocenters. The van der Waals surface area contributed by atoms with Crippen LogP contribution in [0.15, 0.2) is 27.8 Å². The largest absolute Gasteiger partial charge is 0.479 e. The molecule has 146 valence electrons. The van der Waals surface area contributed by atoms with E-state index in [4.69, 9.17) is 32.4 Å². The lowest BCUT2D eigenvalue weighted by atomic mass is 9.95. The van der Waals surface area contributed by atoms with Crippen molar-refractivity contribution in [2.45, 2.75) is 56.4 Å². The lowest BCUT2D eigenvalue weighted by Crippen LogP contribution is -2.37. The molecule has 0 saturated heterocycles. The van der Waals surface area contributed by atoms with Gasteiger partial charge in [-0.2, -0.15) is 0 Å². The Hall–Kier alpha value is -1.44.